The van der Waals surface area contributed by atoms with Crippen molar-refractivity contribution in [1.82, 2.24) is 0 Å². The number of benzene rings is 1. The maximum atomic E-state index is 13.9. The van der Waals surface area contributed by atoms with Crippen LogP contribution < -0.4 is 4.74 Å². The molecule has 1 saturated carbocycles. The van der Waals surface area contributed by atoms with Gasteiger partial charge in [0.1, 0.15) is 5.69 Å². The van der Waals surface area contributed by atoms with Crippen molar-refractivity contribution < 1.29 is 9.13 Å². The summed E-state index contributed by atoms with van der Waals surface area (Å²) >= 11 is 0. The first-order valence-corrected chi connectivity index (χ1v) is 6.23. The largest absolute Gasteiger partial charge is 0.488 e. The Labute approximate surface area is 107 Å². The Morgan fingerprint density at radius 2 is 2.28 bits per heavy atom. The van der Waals surface area contributed by atoms with Crippen molar-refractivity contribution in [1.29, 1.82) is 0 Å². The SMILES string of the molecule is C=C(C)c1ccc(F)c(OCC2CC2)c1N=CC. The Kier molecular flexibility index (Phi) is 3.80. The maximum Gasteiger partial charge on any atom is 0.181 e. The minimum Gasteiger partial charge on any atom is -0.488 e. The number of allylic oxidation sites excluding steroid dienone is 1. The number of nitrogens with zero attached hydrogens (tertiary/aromatic N) is 1. The van der Waals surface area contributed by atoms with Crippen LogP contribution in [0.15, 0.2) is 23.7 Å². The minimum absolute atomic E-state index is 0.250. The standard InChI is InChI=1S/C15H18FNO/c1-4-17-14-12(10(2)3)7-8-13(16)15(14)18-9-11-5-6-11/h4,7-8,11H,2,5-6,9H2,1,3H3. The van der Waals surface area contributed by atoms with E-state index in [0.29, 0.717) is 18.2 Å². The van der Waals surface area contributed by atoms with Crippen molar-refractivity contribution >= 4 is 17.5 Å². The Hall–Kier alpha value is -1.64. The second-order valence-electron chi connectivity index (χ2n) is 4.69. The molecule has 0 saturated heterocycles. The van der Waals surface area contributed by atoms with E-state index >= 15 is 0 Å². The van der Waals surface area contributed by atoms with E-state index in [1.54, 1.807) is 19.2 Å². The van der Waals surface area contributed by atoms with E-state index in [1.807, 2.05) is 6.92 Å². The lowest BCUT2D eigenvalue weighted by Gasteiger charge is -2.13. The highest BCUT2D eigenvalue weighted by Gasteiger charge is 2.24. The molecule has 0 spiro atoms. The average Bonchev–Trinajstić information content (AvgIpc) is 3.12. The van der Waals surface area contributed by atoms with E-state index in [1.165, 1.54) is 18.9 Å². The van der Waals surface area contributed by atoms with Crippen molar-refractivity contribution in [2.75, 3.05) is 6.61 Å². The van der Waals surface area contributed by atoms with E-state index in [9.17, 15) is 4.39 Å². The summed E-state index contributed by atoms with van der Waals surface area (Å²) in [4.78, 5) is 4.24. The van der Waals surface area contributed by atoms with Crippen LogP contribution in [0.25, 0.3) is 5.57 Å². The normalized spacial score (nSPS) is 15.1. The first-order chi connectivity index (χ1) is 8.63. The summed E-state index contributed by atoms with van der Waals surface area (Å²) in [5.41, 5.74) is 2.23. The molecule has 1 aromatic carbocycles. The predicted octanol–water partition coefficient (Wildman–Crippen LogP) is 4.37. The highest BCUT2D eigenvalue weighted by Crippen LogP contribution is 2.39. The van der Waals surface area contributed by atoms with Crippen molar-refractivity contribution in [3.63, 3.8) is 0 Å². The number of aliphatic imine (C=N–C) groups is 1. The van der Waals surface area contributed by atoms with Crippen LogP contribution in [0.1, 0.15) is 32.3 Å². The van der Waals surface area contributed by atoms with Gasteiger partial charge in [-0.25, -0.2) is 4.39 Å². The molecule has 1 aliphatic carbocycles. The van der Waals surface area contributed by atoms with Gasteiger partial charge in [-0.05, 0) is 50.3 Å². The van der Waals surface area contributed by atoms with Crippen LogP contribution in [0.5, 0.6) is 5.75 Å². The van der Waals surface area contributed by atoms with Gasteiger partial charge in [-0.3, -0.25) is 4.99 Å². The third-order valence-electron chi connectivity index (χ3n) is 2.96. The molecule has 2 rings (SSSR count). The fraction of sp³-hybridized carbons (Fsp3) is 0.400. The van der Waals surface area contributed by atoms with Crippen molar-refractivity contribution in [3.05, 3.63) is 30.1 Å². The Morgan fingerprint density at radius 1 is 1.56 bits per heavy atom. The smallest absolute Gasteiger partial charge is 0.181 e. The average molecular weight is 247 g/mol. The molecule has 1 aromatic rings. The number of halogens is 1. The molecule has 18 heavy (non-hydrogen) atoms. The lowest BCUT2D eigenvalue weighted by Crippen LogP contribution is -2.02. The third-order valence-corrected chi connectivity index (χ3v) is 2.96. The molecular weight excluding hydrogens is 229 g/mol. The number of hydrogen-bond acceptors (Lipinski definition) is 2. The van der Waals surface area contributed by atoms with Crippen LogP contribution in [0.3, 0.4) is 0 Å². The Bertz CT molecular complexity index is 490. The molecule has 0 radical (unpaired) electrons. The Balaban J connectivity index is 2.38. The quantitative estimate of drug-likeness (QED) is 0.708. The first-order valence-electron chi connectivity index (χ1n) is 6.23. The van der Waals surface area contributed by atoms with E-state index in [-0.39, 0.29) is 11.6 Å². The van der Waals surface area contributed by atoms with E-state index in [0.717, 1.165) is 11.1 Å². The molecule has 0 unspecified atom stereocenters. The van der Waals surface area contributed by atoms with Crippen LogP contribution in [-0.2, 0) is 0 Å². The van der Waals surface area contributed by atoms with E-state index in [2.05, 4.69) is 11.6 Å². The van der Waals surface area contributed by atoms with Gasteiger partial charge in [-0.1, -0.05) is 6.58 Å². The van der Waals surface area contributed by atoms with Crippen molar-refractivity contribution in [2.45, 2.75) is 26.7 Å². The van der Waals surface area contributed by atoms with Crippen LogP contribution in [0, 0.1) is 11.7 Å². The molecule has 1 aliphatic rings. The zero-order valence-corrected chi connectivity index (χ0v) is 10.9. The summed E-state index contributed by atoms with van der Waals surface area (Å²) in [5, 5.41) is 0. The third kappa shape index (κ3) is 2.78. The summed E-state index contributed by atoms with van der Waals surface area (Å²) in [5.74, 6) is 0.470. The summed E-state index contributed by atoms with van der Waals surface area (Å²) in [6.45, 7) is 8.15. The zero-order chi connectivity index (χ0) is 13.1. The zero-order valence-electron chi connectivity index (χ0n) is 10.9. The summed E-state index contributed by atoms with van der Waals surface area (Å²) < 4.78 is 19.5. The fourth-order valence-electron chi connectivity index (χ4n) is 1.77. The molecule has 0 aromatic heterocycles. The van der Waals surface area contributed by atoms with Gasteiger partial charge in [0.2, 0.25) is 0 Å². The Morgan fingerprint density at radius 3 is 2.83 bits per heavy atom. The first kappa shape index (κ1) is 12.8. The lowest BCUT2D eigenvalue weighted by molar-refractivity contribution is 0.286. The molecule has 0 N–H and O–H groups in total. The van der Waals surface area contributed by atoms with Gasteiger partial charge >= 0.3 is 0 Å². The second kappa shape index (κ2) is 5.34. The number of ether oxygens (including phenoxy) is 1. The number of hydrogen-bond donors (Lipinski definition) is 0. The summed E-state index contributed by atoms with van der Waals surface area (Å²) in [7, 11) is 0. The molecule has 0 atom stereocenters. The van der Waals surface area contributed by atoms with Crippen LogP contribution in [0.2, 0.25) is 0 Å². The highest BCUT2D eigenvalue weighted by molar-refractivity contribution is 5.79. The van der Waals surface area contributed by atoms with Crippen LogP contribution >= 0.6 is 0 Å². The van der Waals surface area contributed by atoms with Gasteiger partial charge in [-0.2, -0.15) is 0 Å². The molecule has 0 amide bonds. The molecule has 0 heterocycles. The van der Waals surface area contributed by atoms with Gasteiger partial charge in [0.05, 0.1) is 6.61 Å². The lowest BCUT2D eigenvalue weighted by atomic mass is 10.1. The molecular formula is C15H18FNO. The summed E-state index contributed by atoms with van der Waals surface area (Å²) in [6.07, 6.45) is 3.99. The molecule has 2 nitrogen and oxygen atoms in total. The molecule has 96 valence electrons. The molecule has 0 bridgehead atoms. The van der Waals surface area contributed by atoms with Gasteiger partial charge in [0, 0.05) is 11.8 Å². The molecule has 3 heteroatoms. The minimum atomic E-state index is -0.360. The maximum absolute atomic E-state index is 13.9. The van der Waals surface area contributed by atoms with Crippen LogP contribution in [-0.4, -0.2) is 12.8 Å². The topological polar surface area (TPSA) is 21.6 Å². The predicted molar refractivity (Wildman–Crippen MR) is 73.2 cm³/mol. The fourth-order valence-corrected chi connectivity index (χ4v) is 1.77. The van der Waals surface area contributed by atoms with Crippen LogP contribution in [0.4, 0.5) is 10.1 Å². The highest BCUT2D eigenvalue weighted by atomic mass is 19.1. The number of rotatable bonds is 5. The molecule has 0 aliphatic heterocycles. The van der Waals surface area contributed by atoms with Gasteiger partial charge in [-0.15, -0.1) is 0 Å². The van der Waals surface area contributed by atoms with Gasteiger partial charge in [0.15, 0.2) is 11.6 Å². The monoisotopic (exact) mass is 247 g/mol. The second-order valence-corrected chi connectivity index (χ2v) is 4.69. The van der Waals surface area contributed by atoms with Gasteiger partial charge in [0.25, 0.3) is 0 Å². The van der Waals surface area contributed by atoms with Crippen molar-refractivity contribution in [3.8, 4) is 5.75 Å². The molecule has 1 fully saturated rings. The van der Waals surface area contributed by atoms with E-state index < -0.39 is 0 Å². The van der Waals surface area contributed by atoms with Crippen molar-refractivity contribution in [2.24, 2.45) is 10.9 Å². The summed E-state index contributed by atoms with van der Waals surface area (Å²) in [6, 6.07) is 3.12. The van der Waals surface area contributed by atoms with Gasteiger partial charge < -0.3 is 4.74 Å². The van der Waals surface area contributed by atoms with E-state index in [4.69, 9.17) is 4.74 Å².